The van der Waals surface area contributed by atoms with Gasteiger partial charge in [0.1, 0.15) is 51.7 Å². The highest BCUT2D eigenvalue weighted by molar-refractivity contribution is 5.53. The number of unbranched alkanes of at least 4 members (excludes halogenated alkanes) is 42. The lowest BCUT2D eigenvalue weighted by Gasteiger charge is -2.17. The molecular formula is C104H178O12. The molecule has 0 amide bonds. The molecule has 666 valence electrons. The Morgan fingerprint density at radius 3 is 0.724 bits per heavy atom. The van der Waals surface area contributed by atoms with Gasteiger partial charge in [0.25, 0.3) is 0 Å². The number of hydrogen-bond donors (Lipinski definition) is 12. The molecule has 5 aromatic rings. The lowest BCUT2D eigenvalue weighted by atomic mass is 9.89. The summed E-state index contributed by atoms with van der Waals surface area (Å²) in [5, 5.41) is 114. The Morgan fingerprint density at radius 2 is 0.457 bits per heavy atom. The van der Waals surface area contributed by atoms with Crippen molar-refractivity contribution in [3.8, 4) is 69.0 Å². The molecule has 0 saturated heterocycles. The highest BCUT2D eigenvalue weighted by Gasteiger charge is 2.14. The molecule has 0 aliphatic heterocycles. The first-order chi connectivity index (χ1) is 55.6. The second kappa shape index (κ2) is 70.5. The minimum absolute atomic E-state index is 0.00929. The fraction of sp³-hybridized carbons (Fsp3) is 0.712. The third-order valence-electron chi connectivity index (χ3n) is 23.0. The van der Waals surface area contributed by atoms with E-state index in [2.05, 4.69) is 76.2 Å². The minimum Gasteiger partial charge on any atom is -0.508 e. The van der Waals surface area contributed by atoms with Crippen molar-refractivity contribution in [2.45, 2.75) is 449 Å². The lowest BCUT2D eigenvalue weighted by molar-refractivity contribution is 0.356. The van der Waals surface area contributed by atoms with Crippen LogP contribution in [0.1, 0.15) is 444 Å². The highest BCUT2D eigenvalue weighted by Crippen LogP contribution is 2.39. The molecule has 0 aliphatic rings. The molecule has 0 radical (unpaired) electrons. The Kier molecular flexibility index (Phi) is 65.5. The number of aryl methyl sites for hydroxylation is 4. The van der Waals surface area contributed by atoms with Gasteiger partial charge in [0, 0.05) is 35.9 Å². The Labute approximate surface area is 710 Å². The predicted octanol–water partition coefficient (Wildman–Crippen LogP) is 32.0. The van der Waals surface area contributed by atoms with Crippen LogP contribution in [0, 0.1) is 29.1 Å². The van der Waals surface area contributed by atoms with Crippen LogP contribution in [0.2, 0.25) is 0 Å². The van der Waals surface area contributed by atoms with Gasteiger partial charge in [-0.15, -0.1) is 0 Å². The van der Waals surface area contributed by atoms with Crippen molar-refractivity contribution >= 4 is 0 Å². The van der Waals surface area contributed by atoms with Crippen LogP contribution < -0.4 is 0 Å². The maximum absolute atomic E-state index is 9.75. The average Bonchev–Trinajstić information content (AvgIpc) is 0.846. The van der Waals surface area contributed by atoms with Gasteiger partial charge in [-0.25, -0.2) is 0 Å². The zero-order valence-corrected chi connectivity index (χ0v) is 76.2. The second-order valence-corrected chi connectivity index (χ2v) is 36.9. The Hall–Kier alpha value is -6.30. The second-order valence-electron chi connectivity index (χ2n) is 36.9. The summed E-state index contributed by atoms with van der Waals surface area (Å²) in [5.41, 5.74) is 4.60. The molecule has 5 rings (SSSR count). The van der Waals surface area contributed by atoms with E-state index in [1.807, 2.05) is 18.2 Å². The molecule has 0 aliphatic carbocycles. The summed E-state index contributed by atoms with van der Waals surface area (Å²) in [4.78, 5) is 0. The molecule has 1 unspecified atom stereocenters. The molecule has 0 heterocycles. The Balaban J connectivity index is 0.000000725. The first-order valence-corrected chi connectivity index (χ1v) is 47.6. The number of phenols is 12. The molecule has 12 N–H and O–H groups in total. The summed E-state index contributed by atoms with van der Waals surface area (Å²) in [6.45, 7) is 25.4. The summed E-state index contributed by atoms with van der Waals surface area (Å²) in [7, 11) is 0. The van der Waals surface area contributed by atoms with E-state index < -0.39 is 5.75 Å². The third kappa shape index (κ3) is 61.9. The van der Waals surface area contributed by atoms with E-state index in [4.69, 9.17) is 0 Å². The zero-order chi connectivity index (χ0) is 85.8. The van der Waals surface area contributed by atoms with Crippen molar-refractivity contribution < 1.29 is 61.3 Å². The van der Waals surface area contributed by atoms with Crippen LogP contribution in [-0.4, -0.2) is 61.3 Å². The van der Waals surface area contributed by atoms with Gasteiger partial charge in [0.15, 0.2) is 11.5 Å². The molecule has 0 bridgehead atoms. The maximum atomic E-state index is 9.75. The zero-order valence-electron chi connectivity index (χ0n) is 76.2. The smallest absolute Gasteiger partial charge is 0.200 e. The lowest BCUT2D eigenvalue weighted by Crippen LogP contribution is -2.03. The normalized spacial score (nSPS) is 11.6. The van der Waals surface area contributed by atoms with Crippen molar-refractivity contribution in [1.82, 2.24) is 0 Å². The van der Waals surface area contributed by atoms with Crippen LogP contribution in [0.5, 0.6) is 69.0 Å². The fourth-order valence-electron chi connectivity index (χ4n) is 15.1. The van der Waals surface area contributed by atoms with Gasteiger partial charge in [0.05, 0.1) is 0 Å². The molecule has 12 nitrogen and oxygen atoms in total. The van der Waals surface area contributed by atoms with E-state index in [0.29, 0.717) is 23.0 Å². The molecule has 0 saturated carbocycles. The quantitative estimate of drug-likeness (QED) is 0.0129. The summed E-state index contributed by atoms with van der Waals surface area (Å²) in [6, 6.07) is 20.4. The summed E-state index contributed by atoms with van der Waals surface area (Å²) >= 11 is 0. The largest absolute Gasteiger partial charge is 0.508 e. The molecule has 116 heavy (non-hydrogen) atoms. The third-order valence-corrected chi connectivity index (χ3v) is 23.0. The van der Waals surface area contributed by atoms with Crippen molar-refractivity contribution in [1.29, 1.82) is 0 Å². The average molecular weight is 1620 g/mol. The molecule has 0 spiro atoms. The van der Waals surface area contributed by atoms with E-state index in [0.717, 1.165) is 111 Å². The van der Waals surface area contributed by atoms with E-state index in [-0.39, 0.29) is 63.2 Å². The topological polar surface area (TPSA) is 243 Å². The summed E-state index contributed by atoms with van der Waals surface area (Å²) in [5.74, 6) is 3.56. The van der Waals surface area contributed by atoms with Gasteiger partial charge >= 0.3 is 0 Å². The molecule has 12 heteroatoms. The van der Waals surface area contributed by atoms with Crippen molar-refractivity contribution in [2.75, 3.05) is 0 Å². The molecule has 0 aromatic heterocycles. The van der Waals surface area contributed by atoms with Crippen molar-refractivity contribution in [3.63, 3.8) is 0 Å². The number of rotatable bonds is 62. The van der Waals surface area contributed by atoms with Crippen LogP contribution in [0.15, 0.2) is 78.9 Å². The Bertz CT molecular complexity index is 3090. The van der Waals surface area contributed by atoms with E-state index >= 15 is 0 Å². The van der Waals surface area contributed by atoms with E-state index in [1.54, 1.807) is 24.3 Å². The molecule has 0 fully saturated rings. The summed E-state index contributed by atoms with van der Waals surface area (Å²) in [6.07, 6.45) is 73.7. The van der Waals surface area contributed by atoms with Crippen LogP contribution in [0.3, 0.4) is 0 Å². The highest BCUT2D eigenvalue weighted by atomic mass is 16.3. The van der Waals surface area contributed by atoms with Crippen LogP contribution in [-0.2, 0) is 32.1 Å². The molecule has 1 atom stereocenters. The fourth-order valence-corrected chi connectivity index (χ4v) is 15.1. The van der Waals surface area contributed by atoms with Gasteiger partial charge in [0.2, 0.25) is 5.75 Å². The first-order valence-electron chi connectivity index (χ1n) is 47.6. The van der Waals surface area contributed by atoms with Gasteiger partial charge in [-0.1, -0.05) is 402 Å². The van der Waals surface area contributed by atoms with Crippen LogP contribution in [0.4, 0.5) is 0 Å². The number of benzene rings is 5. The monoisotopic (exact) mass is 1620 g/mol. The molecular weight excluding hydrogens is 1440 g/mol. The number of aromatic hydroxyl groups is 12. The summed E-state index contributed by atoms with van der Waals surface area (Å²) < 4.78 is 0. The van der Waals surface area contributed by atoms with Crippen LogP contribution >= 0.6 is 0 Å². The minimum atomic E-state index is -0.403. The SMILES string of the molecule is CC(C)(C)CCCCCCCCCCCCc1ccc(O)cc1O.CC(C)CCCCCCCCCCCCc1c(O)cc(O)cc1O.CC(C)CCCCCCCCCCCc1ccc(O)c(O)c1O.CC(C)CCCCCCCCCCCc1ccc(O)cc1O.CCC(C)CCCCCCCCCCCc1ccc(O)cc1O. The molecule has 5 aromatic carbocycles. The number of phenolic OH excluding ortho intramolecular Hbond substituents is 12. The van der Waals surface area contributed by atoms with Gasteiger partial charge in [-0.05, 0) is 146 Å². The van der Waals surface area contributed by atoms with Crippen molar-refractivity contribution in [3.05, 3.63) is 107 Å². The van der Waals surface area contributed by atoms with E-state index in [1.165, 1.54) is 332 Å². The van der Waals surface area contributed by atoms with E-state index in [9.17, 15) is 61.3 Å². The van der Waals surface area contributed by atoms with Gasteiger partial charge in [-0.2, -0.15) is 0 Å². The standard InChI is InChI=1S/C22H38O2.C21H36O3.C21H36O2.C20H34O3.C20H34O2/c1-22(2,3)17-13-11-9-7-5-4-6-8-10-12-14-19-15-16-20(23)18-21(19)24;1-17(2)13-11-9-7-5-3-4-6-8-10-12-14-19-20(23)15-18(22)16-21(19)24;1-3-18(2)13-11-9-7-5-4-6-8-10-12-14-19-15-16-20(22)17-21(19)23;1-16(2)12-10-8-6-4-3-5-7-9-11-13-17-14-15-18(21)20(23)19(17)22;1-17(2)12-10-8-6-4-3-5-7-9-11-13-18-14-15-19(21)16-20(18)22/h15-16,18,23-24H,4-14,17H2,1-3H3;15-17,22-24H,3-14H2,1-2H3;15-18,22-23H,3-14H2,1-2H3;14-16,21-23H,3-13H2,1-2H3;14-17,21-22H,3-13H2,1-2H3. The number of hydrogen-bond acceptors (Lipinski definition) is 12. The van der Waals surface area contributed by atoms with Crippen molar-refractivity contribution in [2.24, 2.45) is 29.1 Å². The maximum Gasteiger partial charge on any atom is 0.200 e. The first kappa shape index (κ1) is 108. The Morgan fingerprint density at radius 1 is 0.224 bits per heavy atom. The van der Waals surface area contributed by atoms with Gasteiger partial charge < -0.3 is 61.3 Å². The predicted molar refractivity (Wildman–Crippen MR) is 494 cm³/mol. The van der Waals surface area contributed by atoms with Crippen LogP contribution in [0.25, 0.3) is 0 Å². The van der Waals surface area contributed by atoms with Gasteiger partial charge in [-0.3, -0.25) is 0 Å².